The molecule has 2 heteroatoms. The minimum atomic E-state index is -0.559. The normalized spacial score (nSPS) is 25.6. The first-order chi connectivity index (χ1) is 12.8. The van der Waals surface area contributed by atoms with Gasteiger partial charge in [0.25, 0.3) is 0 Å². The van der Waals surface area contributed by atoms with Gasteiger partial charge in [0.2, 0.25) is 0 Å². The highest BCUT2D eigenvalue weighted by Crippen LogP contribution is 2.42. The molecule has 142 valence electrons. The maximum atomic E-state index is 12.7. The molecule has 0 aliphatic heterocycles. The molecule has 0 spiro atoms. The Hall–Kier alpha value is -2.22. The molecule has 2 aliphatic carbocycles. The molecule has 0 saturated carbocycles. The second-order valence-corrected chi connectivity index (χ2v) is 8.70. The van der Waals surface area contributed by atoms with E-state index in [0.29, 0.717) is 0 Å². The average molecular weight is 363 g/mol. The fraction of sp³-hybridized carbons (Fsp3) is 0.440. The van der Waals surface area contributed by atoms with Crippen molar-refractivity contribution in [3.05, 3.63) is 70.8 Å². The molecule has 2 atom stereocenters. The summed E-state index contributed by atoms with van der Waals surface area (Å²) in [6.45, 7) is 8.36. The van der Waals surface area contributed by atoms with Gasteiger partial charge in [0.15, 0.2) is 5.78 Å². The fourth-order valence-corrected chi connectivity index (χ4v) is 4.71. The first-order valence-electron chi connectivity index (χ1n) is 9.98. The standard InChI is InChI=1S/C25H30O2/c1-17-9-8-14-25(3,4)22(17)13-12-19-15-21(20-10-6-5-7-11-20)24(18(2)26)23(27)16-19/h5-7,10-13,16,21,24H,8-9,14-15H2,1-4H3/b13-12+. The van der Waals surface area contributed by atoms with Crippen molar-refractivity contribution in [1.82, 2.24) is 0 Å². The van der Waals surface area contributed by atoms with Gasteiger partial charge in [0, 0.05) is 5.92 Å². The molecule has 0 amide bonds. The lowest BCUT2D eigenvalue weighted by atomic mass is 9.71. The van der Waals surface area contributed by atoms with Gasteiger partial charge in [-0.1, -0.05) is 61.9 Å². The third-order valence-electron chi connectivity index (χ3n) is 6.16. The van der Waals surface area contributed by atoms with Crippen molar-refractivity contribution in [3.63, 3.8) is 0 Å². The summed E-state index contributed by atoms with van der Waals surface area (Å²) in [5.74, 6) is -0.733. The molecule has 1 aromatic rings. The highest BCUT2D eigenvalue weighted by Gasteiger charge is 2.36. The molecule has 0 radical (unpaired) electrons. The molecule has 3 rings (SSSR count). The highest BCUT2D eigenvalue weighted by atomic mass is 16.1. The molecule has 27 heavy (non-hydrogen) atoms. The fourth-order valence-electron chi connectivity index (χ4n) is 4.71. The van der Waals surface area contributed by atoms with Crippen LogP contribution in [0.2, 0.25) is 0 Å². The van der Waals surface area contributed by atoms with Crippen molar-refractivity contribution in [2.24, 2.45) is 11.3 Å². The molecule has 0 heterocycles. The van der Waals surface area contributed by atoms with Crippen LogP contribution < -0.4 is 0 Å². The van der Waals surface area contributed by atoms with Crippen molar-refractivity contribution in [2.75, 3.05) is 0 Å². The Morgan fingerprint density at radius 2 is 1.85 bits per heavy atom. The van der Waals surface area contributed by atoms with Crippen LogP contribution in [0.3, 0.4) is 0 Å². The Labute approximate surface area is 163 Å². The lowest BCUT2D eigenvalue weighted by Gasteiger charge is -2.33. The molecule has 0 aromatic heterocycles. The van der Waals surface area contributed by atoms with Crippen molar-refractivity contribution in [2.45, 2.75) is 59.3 Å². The topological polar surface area (TPSA) is 34.1 Å². The number of hydrogen-bond acceptors (Lipinski definition) is 2. The zero-order valence-corrected chi connectivity index (χ0v) is 16.9. The molecule has 2 nitrogen and oxygen atoms in total. The van der Waals surface area contributed by atoms with E-state index in [4.69, 9.17) is 0 Å². The summed E-state index contributed by atoms with van der Waals surface area (Å²) >= 11 is 0. The Kier molecular flexibility index (Phi) is 5.64. The molecule has 1 aromatic carbocycles. The second-order valence-electron chi connectivity index (χ2n) is 8.70. The molecule has 0 bridgehead atoms. The lowest BCUT2D eigenvalue weighted by Crippen LogP contribution is -2.31. The second kappa shape index (κ2) is 7.80. The largest absolute Gasteiger partial charge is 0.299 e. The third kappa shape index (κ3) is 4.21. The molecular weight excluding hydrogens is 332 g/mol. The van der Waals surface area contributed by atoms with Crippen LogP contribution in [-0.2, 0) is 9.59 Å². The van der Waals surface area contributed by atoms with E-state index in [0.717, 1.165) is 24.0 Å². The Bertz CT molecular complexity index is 821. The Morgan fingerprint density at radius 3 is 2.48 bits per heavy atom. The van der Waals surface area contributed by atoms with E-state index in [9.17, 15) is 9.59 Å². The summed E-state index contributed by atoms with van der Waals surface area (Å²) in [5, 5.41) is 0. The number of Topliss-reactive ketones (excluding diaryl/α,β-unsaturated/α-hetero) is 1. The van der Waals surface area contributed by atoms with Crippen LogP contribution in [0, 0.1) is 11.3 Å². The van der Waals surface area contributed by atoms with Gasteiger partial charge in [-0.15, -0.1) is 0 Å². The number of ketones is 2. The van der Waals surface area contributed by atoms with Crippen molar-refractivity contribution < 1.29 is 9.59 Å². The smallest absolute Gasteiger partial charge is 0.167 e. The van der Waals surface area contributed by atoms with Crippen LogP contribution in [0.15, 0.2) is 65.3 Å². The molecule has 0 saturated heterocycles. The summed E-state index contributed by atoms with van der Waals surface area (Å²) in [5.41, 5.74) is 5.11. The number of hydrogen-bond donors (Lipinski definition) is 0. The van der Waals surface area contributed by atoms with E-state index in [1.165, 1.54) is 30.9 Å². The maximum Gasteiger partial charge on any atom is 0.167 e. The number of carbonyl (C=O) groups is 2. The van der Waals surface area contributed by atoms with E-state index in [1.54, 1.807) is 6.08 Å². The predicted molar refractivity (Wildman–Crippen MR) is 111 cm³/mol. The van der Waals surface area contributed by atoms with Gasteiger partial charge in [-0.05, 0) is 67.7 Å². The van der Waals surface area contributed by atoms with E-state index in [1.807, 2.05) is 30.3 Å². The van der Waals surface area contributed by atoms with Gasteiger partial charge in [-0.3, -0.25) is 9.59 Å². The Balaban J connectivity index is 1.92. The zero-order chi connectivity index (χ0) is 19.6. The van der Waals surface area contributed by atoms with Crippen molar-refractivity contribution in [3.8, 4) is 0 Å². The van der Waals surface area contributed by atoms with Crippen LogP contribution in [0.4, 0.5) is 0 Å². The van der Waals surface area contributed by atoms with E-state index < -0.39 is 5.92 Å². The Morgan fingerprint density at radius 1 is 1.15 bits per heavy atom. The minimum absolute atomic E-state index is 0.0416. The van der Waals surface area contributed by atoms with E-state index >= 15 is 0 Å². The van der Waals surface area contributed by atoms with E-state index in [2.05, 4.69) is 32.9 Å². The highest BCUT2D eigenvalue weighted by molar-refractivity contribution is 6.08. The number of rotatable bonds is 4. The SMILES string of the molecule is CC(=O)C1C(=O)C=C(/C=C/C2=C(C)CCCC2(C)C)CC1c1ccccc1. The maximum absolute atomic E-state index is 12.7. The van der Waals surface area contributed by atoms with Gasteiger partial charge in [-0.25, -0.2) is 0 Å². The van der Waals surface area contributed by atoms with Crippen LogP contribution in [0.5, 0.6) is 0 Å². The van der Waals surface area contributed by atoms with Gasteiger partial charge in [-0.2, -0.15) is 0 Å². The van der Waals surface area contributed by atoms with Gasteiger partial charge in [0.05, 0.1) is 5.92 Å². The zero-order valence-electron chi connectivity index (χ0n) is 16.9. The average Bonchev–Trinajstić information content (AvgIpc) is 2.60. The van der Waals surface area contributed by atoms with Crippen LogP contribution >= 0.6 is 0 Å². The van der Waals surface area contributed by atoms with Crippen molar-refractivity contribution in [1.29, 1.82) is 0 Å². The number of carbonyl (C=O) groups excluding carboxylic acids is 2. The van der Waals surface area contributed by atoms with Crippen molar-refractivity contribution >= 4 is 11.6 Å². The summed E-state index contributed by atoms with van der Waals surface area (Å²) < 4.78 is 0. The van der Waals surface area contributed by atoms with Gasteiger partial charge < -0.3 is 0 Å². The molecule has 2 aliphatic rings. The summed E-state index contributed by atoms with van der Waals surface area (Å²) in [6, 6.07) is 9.97. The molecule has 0 N–H and O–H groups in total. The predicted octanol–water partition coefficient (Wildman–Crippen LogP) is 5.96. The number of benzene rings is 1. The minimum Gasteiger partial charge on any atom is -0.299 e. The van der Waals surface area contributed by atoms with Crippen LogP contribution in [0.25, 0.3) is 0 Å². The molecule has 2 unspecified atom stereocenters. The quantitative estimate of drug-likeness (QED) is 0.620. The summed E-state index contributed by atoms with van der Waals surface area (Å²) in [7, 11) is 0. The lowest BCUT2D eigenvalue weighted by molar-refractivity contribution is -0.130. The first kappa shape index (κ1) is 19.5. The van der Waals surface area contributed by atoms with Crippen LogP contribution in [-0.4, -0.2) is 11.6 Å². The first-order valence-corrected chi connectivity index (χ1v) is 9.98. The van der Waals surface area contributed by atoms with E-state index in [-0.39, 0.29) is 22.9 Å². The molecule has 0 fully saturated rings. The third-order valence-corrected chi connectivity index (χ3v) is 6.16. The molecular formula is C25H30O2. The summed E-state index contributed by atoms with van der Waals surface area (Å²) in [4.78, 5) is 24.9. The number of allylic oxidation sites excluding steroid dienone is 6. The monoisotopic (exact) mass is 362 g/mol. The summed E-state index contributed by atoms with van der Waals surface area (Å²) in [6.07, 6.45) is 10.3. The van der Waals surface area contributed by atoms with Crippen LogP contribution in [0.1, 0.15) is 64.9 Å². The van der Waals surface area contributed by atoms with Gasteiger partial charge in [0.1, 0.15) is 5.78 Å². The van der Waals surface area contributed by atoms with Gasteiger partial charge >= 0.3 is 0 Å².